The molecule has 2 atom stereocenters. The molecule has 2 unspecified atom stereocenters. The van der Waals surface area contributed by atoms with Crippen LogP contribution in [0.5, 0.6) is 0 Å². The Balaban J connectivity index is 3.09. The minimum atomic E-state index is -4.30. The van der Waals surface area contributed by atoms with E-state index in [1.807, 2.05) is 0 Å². The highest BCUT2D eigenvalue weighted by Crippen LogP contribution is 2.56. The Labute approximate surface area is 144 Å². The van der Waals surface area contributed by atoms with E-state index in [1.54, 1.807) is 0 Å². The SMILES string of the molecule is NC1(N)C2CCCCC2C([N+](=O)[O-])([N+](=O)[O-])C([N+](=O)[O-])([N+](=O)[O-])C1(N)N. The standard InChI is InChI=1S/C10H18N8O8/c11-7(12)5-3-1-2-4-6(5)8(15(19)20,16(21)22)10(17(23)24,18(25)26)9(7,13)14/h5-6H,1-4,11-14H2. The molecule has 2 fully saturated rings. The van der Waals surface area contributed by atoms with Crippen LogP contribution in [0.25, 0.3) is 0 Å². The highest BCUT2D eigenvalue weighted by molar-refractivity contribution is 5.22. The molecule has 0 aliphatic heterocycles. The van der Waals surface area contributed by atoms with Crippen molar-refractivity contribution in [3.8, 4) is 0 Å². The van der Waals surface area contributed by atoms with Gasteiger partial charge in [0.25, 0.3) is 5.66 Å². The summed E-state index contributed by atoms with van der Waals surface area (Å²) in [5.74, 6) is -3.12. The van der Waals surface area contributed by atoms with Crippen LogP contribution in [0, 0.1) is 52.3 Å². The maximum Gasteiger partial charge on any atom is 0.628 e. The van der Waals surface area contributed by atoms with E-state index in [4.69, 9.17) is 22.9 Å². The fourth-order valence-electron chi connectivity index (χ4n) is 4.59. The Bertz CT molecular complexity index is 665. The highest BCUT2D eigenvalue weighted by atomic mass is 16.7. The minimum Gasteiger partial charge on any atom is -0.310 e. The number of nitrogens with zero attached hydrogens (tertiary/aromatic N) is 4. The van der Waals surface area contributed by atoms with Gasteiger partial charge < -0.3 is 11.5 Å². The molecule has 0 bridgehead atoms. The first-order valence-electron chi connectivity index (χ1n) is 7.49. The average molecular weight is 378 g/mol. The van der Waals surface area contributed by atoms with Crippen LogP contribution < -0.4 is 22.9 Å². The van der Waals surface area contributed by atoms with Gasteiger partial charge in [0.1, 0.15) is 31.3 Å². The van der Waals surface area contributed by atoms with Crippen molar-refractivity contribution in [3.05, 3.63) is 40.5 Å². The van der Waals surface area contributed by atoms with Crippen LogP contribution >= 0.6 is 0 Å². The zero-order chi connectivity index (χ0) is 20.3. The summed E-state index contributed by atoms with van der Waals surface area (Å²) in [5, 5.41) is 47.3. The Morgan fingerprint density at radius 3 is 1.42 bits per heavy atom. The number of rotatable bonds is 4. The first kappa shape index (κ1) is 19.8. The average Bonchev–Trinajstić information content (AvgIpc) is 2.49. The predicted molar refractivity (Wildman–Crippen MR) is 81.1 cm³/mol. The lowest BCUT2D eigenvalue weighted by molar-refractivity contribution is -0.955. The lowest BCUT2D eigenvalue weighted by atomic mass is 9.52. The van der Waals surface area contributed by atoms with E-state index in [0.717, 1.165) is 0 Å². The van der Waals surface area contributed by atoms with Gasteiger partial charge in [0.15, 0.2) is 0 Å². The van der Waals surface area contributed by atoms with E-state index in [1.165, 1.54) is 0 Å². The molecule has 0 spiro atoms. The summed E-state index contributed by atoms with van der Waals surface area (Å²) in [6.45, 7) is 0. The van der Waals surface area contributed by atoms with Gasteiger partial charge in [0.05, 0.1) is 0 Å². The molecule has 0 aromatic rings. The summed E-state index contributed by atoms with van der Waals surface area (Å²) in [6, 6.07) is 0. The van der Waals surface area contributed by atoms with Crippen molar-refractivity contribution >= 4 is 0 Å². The second-order valence-corrected chi connectivity index (χ2v) is 6.73. The molecule has 0 heterocycles. The zero-order valence-corrected chi connectivity index (χ0v) is 13.3. The molecule has 0 aromatic carbocycles. The van der Waals surface area contributed by atoms with Gasteiger partial charge in [-0.25, -0.2) is 0 Å². The molecule has 0 saturated heterocycles. The molecule has 16 heteroatoms. The number of nitrogens with two attached hydrogens (primary N) is 4. The van der Waals surface area contributed by atoms with Gasteiger partial charge in [0, 0.05) is 5.92 Å². The molecule has 0 radical (unpaired) electrons. The van der Waals surface area contributed by atoms with Crippen LogP contribution in [-0.2, 0) is 0 Å². The fraction of sp³-hybridized carbons (Fsp3) is 1.00. The van der Waals surface area contributed by atoms with Crippen LogP contribution in [0.3, 0.4) is 0 Å². The number of nitro groups is 4. The van der Waals surface area contributed by atoms with Crippen LogP contribution in [0.2, 0.25) is 0 Å². The molecule has 8 N–H and O–H groups in total. The lowest BCUT2D eigenvalue weighted by Gasteiger charge is -2.54. The van der Waals surface area contributed by atoms with Gasteiger partial charge in [-0.3, -0.25) is 51.9 Å². The molecule has 0 aromatic heterocycles. The summed E-state index contributed by atoms with van der Waals surface area (Å²) in [5.41, 5.74) is 8.77. The third kappa shape index (κ3) is 1.76. The number of hydrogen-bond donors (Lipinski definition) is 4. The summed E-state index contributed by atoms with van der Waals surface area (Å²) < 4.78 is 0. The van der Waals surface area contributed by atoms with Crippen molar-refractivity contribution in [1.29, 1.82) is 0 Å². The Morgan fingerprint density at radius 1 is 0.692 bits per heavy atom. The summed E-state index contributed by atoms with van der Waals surface area (Å²) in [4.78, 5) is 40.4. The van der Waals surface area contributed by atoms with Gasteiger partial charge in [-0.1, -0.05) is 12.8 Å². The van der Waals surface area contributed by atoms with Crippen molar-refractivity contribution < 1.29 is 19.7 Å². The molecule has 16 nitrogen and oxygen atoms in total. The van der Waals surface area contributed by atoms with Gasteiger partial charge in [-0.15, -0.1) is 0 Å². The van der Waals surface area contributed by atoms with Crippen LogP contribution in [0.1, 0.15) is 25.7 Å². The molecular formula is C10H18N8O8. The number of fused-ring (bicyclic) bond motifs is 1. The maximum atomic E-state index is 11.9. The van der Waals surface area contributed by atoms with E-state index in [-0.39, 0.29) is 19.3 Å². The summed E-state index contributed by atoms with van der Waals surface area (Å²) >= 11 is 0. The topological polar surface area (TPSA) is 277 Å². The van der Waals surface area contributed by atoms with E-state index < -0.39 is 54.2 Å². The van der Waals surface area contributed by atoms with Gasteiger partial charge >= 0.3 is 11.3 Å². The van der Waals surface area contributed by atoms with Gasteiger partial charge in [-0.2, -0.15) is 0 Å². The zero-order valence-electron chi connectivity index (χ0n) is 13.3. The molecule has 2 saturated carbocycles. The van der Waals surface area contributed by atoms with Gasteiger partial charge in [0.2, 0.25) is 0 Å². The largest absolute Gasteiger partial charge is 0.628 e. The third-order valence-electron chi connectivity index (χ3n) is 5.79. The van der Waals surface area contributed by atoms with E-state index in [2.05, 4.69) is 0 Å². The van der Waals surface area contributed by atoms with Crippen molar-refractivity contribution in [2.24, 2.45) is 34.8 Å². The van der Waals surface area contributed by atoms with E-state index >= 15 is 0 Å². The monoisotopic (exact) mass is 378 g/mol. The van der Waals surface area contributed by atoms with Gasteiger partial charge in [-0.05, 0) is 12.8 Å². The second-order valence-electron chi connectivity index (χ2n) is 6.73. The van der Waals surface area contributed by atoms with Crippen molar-refractivity contribution in [1.82, 2.24) is 0 Å². The summed E-state index contributed by atoms with van der Waals surface area (Å²) in [6.07, 6.45) is 0.280. The molecule has 2 rings (SSSR count). The summed E-state index contributed by atoms with van der Waals surface area (Å²) in [7, 11) is 0. The highest BCUT2D eigenvalue weighted by Gasteiger charge is 3.05. The van der Waals surface area contributed by atoms with Crippen molar-refractivity contribution in [2.75, 3.05) is 0 Å². The molecule has 2 aliphatic rings. The van der Waals surface area contributed by atoms with Crippen molar-refractivity contribution in [2.45, 2.75) is 48.3 Å². The molecule has 26 heavy (non-hydrogen) atoms. The Morgan fingerprint density at radius 2 is 1.08 bits per heavy atom. The number of hydrogen-bond acceptors (Lipinski definition) is 12. The third-order valence-corrected chi connectivity index (χ3v) is 5.79. The quantitative estimate of drug-likeness (QED) is 0.225. The minimum absolute atomic E-state index is 0.0112. The first-order valence-corrected chi connectivity index (χ1v) is 7.49. The van der Waals surface area contributed by atoms with Crippen LogP contribution in [-0.4, -0.2) is 42.3 Å². The second kappa shape index (κ2) is 5.47. The molecule has 0 amide bonds. The van der Waals surface area contributed by atoms with Crippen LogP contribution in [0.4, 0.5) is 0 Å². The molecule has 2 aliphatic carbocycles. The van der Waals surface area contributed by atoms with Crippen molar-refractivity contribution in [3.63, 3.8) is 0 Å². The molecule has 146 valence electrons. The predicted octanol–water partition coefficient (Wildman–Crippen LogP) is -2.47. The normalized spacial score (nSPS) is 30.6. The molecular weight excluding hydrogens is 360 g/mol. The smallest absolute Gasteiger partial charge is 0.310 e. The van der Waals surface area contributed by atoms with Crippen LogP contribution in [0.15, 0.2) is 0 Å². The maximum absolute atomic E-state index is 11.9. The van der Waals surface area contributed by atoms with E-state index in [9.17, 15) is 40.5 Å². The van der Waals surface area contributed by atoms with E-state index in [0.29, 0.717) is 6.42 Å². The lowest BCUT2D eigenvalue weighted by Crippen LogP contribution is -3.00. The fourth-order valence-corrected chi connectivity index (χ4v) is 4.59. The first-order chi connectivity index (χ1) is 11.8. The Kier molecular flexibility index (Phi) is 4.15. The Hall–Kier alpha value is -2.56.